The van der Waals surface area contributed by atoms with E-state index in [4.69, 9.17) is 4.74 Å². The van der Waals surface area contributed by atoms with Gasteiger partial charge in [0.05, 0.1) is 18.6 Å². The van der Waals surface area contributed by atoms with Gasteiger partial charge in [0.2, 0.25) is 0 Å². The standard InChI is InChI=1S/C6H7O2/c7-5-1-2-6(5)3-8-4-6/h1H,2-4H2. The lowest BCUT2D eigenvalue weighted by atomic mass is 9.66. The van der Waals surface area contributed by atoms with Crippen LogP contribution in [0.4, 0.5) is 0 Å². The average Bonchev–Trinajstić information content (AvgIpc) is 1.58. The largest absolute Gasteiger partial charge is 0.379 e. The molecule has 1 aliphatic carbocycles. The lowest BCUT2D eigenvalue weighted by molar-refractivity contribution is -0.168. The number of Topliss-reactive ketones (excluding diaryl/α,β-unsaturated/α-hetero) is 1. The molecule has 0 amide bonds. The number of rotatable bonds is 0. The fourth-order valence-electron chi connectivity index (χ4n) is 1.08. The van der Waals surface area contributed by atoms with E-state index in [-0.39, 0.29) is 5.41 Å². The van der Waals surface area contributed by atoms with Crippen molar-refractivity contribution < 1.29 is 9.53 Å². The molecule has 0 atom stereocenters. The summed E-state index contributed by atoms with van der Waals surface area (Å²) in [5.41, 5.74) is -0.0139. The monoisotopic (exact) mass is 111 g/mol. The van der Waals surface area contributed by atoms with Crippen molar-refractivity contribution in [2.24, 2.45) is 5.41 Å². The van der Waals surface area contributed by atoms with E-state index in [0.717, 1.165) is 6.42 Å². The number of ether oxygens (including phenoxy) is 1. The Hall–Kier alpha value is -0.370. The maximum atomic E-state index is 10.7. The summed E-state index contributed by atoms with van der Waals surface area (Å²) in [4.78, 5) is 10.7. The molecule has 1 saturated carbocycles. The van der Waals surface area contributed by atoms with Crippen LogP contribution in [0.5, 0.6) is 0 Å². The Morgan fingerprint density at radius 1 is 1.62 bits per heavy atom. The first-order valence-electron chi connectivity index (χ1n) is 2.79. The Labute approximate surface area is 47.8 Å². The Kier molecular flexibility index (Phi) is 0.637. The fourth-order valence-corrected chi connectivity index (χ4v) is 1.08. The molecule has 8 heavy (non-hydrogen) atoms. The predicted octanol–water partition coefficient (Wildman–Crippen LogP) is 0.180. The minimum absolute atomic E-state index is 0.0139. The molecule has 0 N–H and O–H groups in total. The highest BCUT2D eigenvalue weighted by Crippen LogP contribution is 2.42. The molecule has 2 fully saturated rings. The fraction of sp³-hybridized carbons (Fsp3) is 0.667. The van der Waals surface area contributed by atoms with E-state index < -0.39 is 0 Å². The van der Waals surface area contributed by atoms with E-state index in [0.29, 0.717) is 19.0 Å². The molecule has 0 unspecified atom stereocenters. The van der Waals surface area contributed by atoms with Gasteiger partial charge in [-0.05, 0) is 6.42 Å². The Morgan fingerprint density at radius 3 is 2.38 bits per heavy atom. The predicted molar refractivity (Wildman–Crippen MR) is 27.2 cm³/mol. The summed E-state index contributed by atoms with van der Waals surface area (Å²) in [5.74, 6) is 0.295. The van der Waals surface area contributed by atoms with Gasteiger partial charge in [0.1, 0.15) is 5.78 Å². The van der Waals surface area contributed by atoms with Crippen molar-refractivity contribution in [3.63, 3.8) is 0 Å². The molecule has 0 aromatic rings. The molecule has 1 aliphatic heterocycles. The van der Waals surface area contributed by atoms with Crippen LogP contribution in [0.15, 0.2) is 0 Å². The highest BCUT2D eigenvalue weighted by atomic mass is 16.5. The Morgan fingerprint density at radius 2 is 2.38 bits per heavy atom. The zero-order chi connectivity index (χ0) is 5.61. The zero-order valence-electron chi connectivity index (χ0n) is 4.52. The smallest absolute Gasteiger partial charge is 0.147 e. The zero-order valence-corrected chi connectivity index (χ0v) is 4.52. The summed E-state index contributed by atoms with van der Waals surface area (Å²) < 4.78 is 4.91. The van der Waals surface area contributed by atoms with Crippen molar-refractivity contribution >= 4 is 5.78 Å². The van der Waals surface area contributed by atoms with Crippen molar-refractivity contribution in [1.82, 2.24) is 0 Å². The van der Waals surface area contributed by atoms with Crippen LogP contribution in [0, 0.1) is 11.8 Å². The Balaban J connectivity index is 2.14. The van der Waals surface area contributed by atoms with Gasteiger partial charge in [0.15, 0.2) is 0 Å². The molecule has 0 aromatic heterocycles. The van der Waals surface area contributed by atoms with Gasteiger partial charge >= 0.3 is 0 Å². The number of hydrogen-bond donors (Lipinski definition) is 0. The molecule has 1 radical (unpaired) electrons. The van der Waals surface area contributed by atoms with E-state index in [1.165, 1.54) is 0 Å². The van der Waals surface area contributed by atoms with E-state index >= 15 is 0 Å². The third kappa shape index (κ3) is 0.313. The van der Waals surface area contributed by atoms with E-state index in [1.807, 2.05) is 0 Å². The molecule has 43 valence electrons. The molecule has 2 heteroatoms. The van der Waals surface area contributed by atoms with Crippen LogP contribution in [0.2, 0.25) is 0 Å². The first kappa shape index (κ1) is 4.50. The molecule has 0 aromatic carbocycles. The van der Waals surface area contributed by atoms with Gasteiger partial charge in [-0.3, -0.25) is 4.79 Å². The van der Waals surface area contributed by atoms with Crippen molar-refractivity contribution in [3.8, 4) is 0 Å². The maximum Gasteiger partial charge on any atom is 0.147 e. The second kappa shape index (κ2) is 1.13. The quantitative estimate of drug-likeness (QED) is 0.445. The number of carbonyl (C=O) groups excluding carboxylic acids is 1. The van der Waals surface area contributed by atoms with Crippen LogP contribution in [0.25, 0.3) is 0 Å². The first-order chi connectivity index (χ1) is 3.83. The van der Waals surface area contributed by atoms with Crippen molar-refractivity contribution in [2.75, 3.05) is 13.2 Å². The summed E-state index contributed by atoms with van der Waals surface area (Å²) in [7, 11) is 0. The normalized spacial score (nSPS) is 31.8. The molecule has 1 saturated heterocycles. The summed E-state index contributed by atoms with van der Waals surface area (Å²) in [6, 6.07) is 0. The average molecular weight is 111 g/mol. The van der Waals surface area contributed by atoms with Crippen LogP contribution < -0.4 is 0 Å². The van der Waals surface area contributed by atoms with Crippen LogP contribution in [0.3, 0.4) is 0 Å². The lowest BCUT2D eigenvalue weighted by Crippen LogP contribution is -2.55. The summed E-state index contributed by atoms with van der Waals surface area (Å²) in [6.07, 6.45) is 2.69. The van der Waals surface area contributed by atoms with Crippen LogP contribution in [-0.2, 0) is 9.53 Å². The molecule has 2 rings (SSSR count). The van der Waals surface area contributed by atoms with E-state index in [1.54, 1.807) is 6.42 Å². The van der Waals surface area contributed by atoms with Gasteiger partial charge in [0, 0.05) is 6.42 Å². The van der Waals surface area contributed by atoms with Crippen molar-refractivity contribution in [2.45, 2.75) is 6.42 Å². The first-order valence-corrected chi connectivity index (χ1v) is 2.79. The number of ketones is 1. The SMILES string of the molecule is O=C1[CH]CC12COC2. The van der Waals surface area contributed by atoms with Gasteiger partial charge in [-0.1, -0.05) is 0 Å². The van der Waals surface area contributed by atoms with Crippen LogP contribution >= 0.6 is 0 Å². The number of hydrogen-bond acceptors (Lipinski definition) is 2. The lowest BCUT2D eigenvalue weighted by Gasteiger charge is -2.46. The summed E-state index contributed by atoms with van der Waals surface area (Å²) in [6.45, 7) is 1.34. The Bertz CT molecular complexity index is 130. The second-order valence-electron chi connectivity index (χ2n) is 2.55. The molecule has 2 nitrogen and oxygen atoms in total. The summed E-state index contributed by atoms with van der Waals surface area (Å²) in [5, 5.41) is 0. The van der Waals surface area contributed by atoms with Crippen molar-refractivity contribution in [3.05, 3.63) is 6.42 Å². The molecule has 1 heterocycles. The molecule has 0 bridgehead atoms. The van der Waals surface area contributed by atoms with Crippen molar-refractivity contribution in [1.29, 1.82) is 0 Å². The topological polar surface area (TPSA) is 26.3 Å². The van der Waals surface area contributed by atoms with Gasteiger partial charge in [-0.2, -0.15) is 0 Å². The third-order valence-corrected chi connectivity index (χ3v) is 1.96. The minimum atomic E-state index is -0.0139. The van der Waals surface area contributed by atoms with Gasteiger partial charge < -0.3 is 4.74 Å². The molecular formula is C6H7O2. The molecule has 1 spiro atoms. The molecule has 2 aliphatic rings. The van der Waals surface area contributed by atoms with E-state index in [9.17, 15) is 4.79 Å². The van der Waals surface area contributed by atoms with E-state index in [2.05, 4.69) is 0 Å². The highest BCUT2D eigenvalue weighted by Gasteiger charge is 2.51. The third-order valence-electron chi connectivity index (χ3n) is 1.96. The van der Waals surface area contributed by atoms with Crippen LogP contribution in [-0.4, -0.2) is 19.0 Å². The summed E-state index contributed by atoms with van der Waals surface area (Å²) >= 11 is 0. The highest BCUT2D eigenvalue weighted by molar-refractivity contribution is 5.99. The van der Waals surface area contributed by atoms with Gasteiger partial charge in [-0.25, -0.2) is 0 Å². The van der Waals surface area contributed by atoms with Crippen LogP contribution in [0.1, 0.15) is 6.42 Å². The van der Waals surface area contributed by atoms with Gasteiger partial charge in [-0.15, -0.1) is 0 Å². The molecular weight excluding hydrogens is 104 g/mol. The van der Waals surface area contributed by atoms with Gasteiger partial charge in [0.25, 0.3) is 0 Å². The maximum absolute atomic E-state index is 10.7. The number of carbonyl (C=O) groups is 1. The minimum Gasteiger partial charge on any atom is -0.379 e. The second-order valence-corrected chi connectivity index (χ2v) is 2.55.